The zero-order valence-electron chi connectivity index (χ0n) is 40.4. The Kier molecular flexibility index (Phi) is 35.0. The summed E-state index contributed by atoms with van der Waals surface area (Å²) in [5.41, 5.74) is 0. The van der Waals surface area contributed by atoms with Gasteiger partial charge in [0.2, 0.25) is 0 Å². The maximum atomic E-state index is 13.0. The molecular formula is C51H90O15. The molecule has 2 fully saturated rings. The van der Waals surface area contributed by atoms with Crippen LogP contribution in [0.2, 0.25) is 0 Å². The molecule has 0 saturated carbocycles. The molecule has 0 aromatic rings. The van der Waals surface area contributed by atoms with Crippen LogP contribution in [0.3, 0.4) is 0 Å². The van der Waals surface area contributed by atoms with Crippen molar-refractivity contribution < 1.29 is 73.8 Å². The van der Waals surface area contributed by atoms with Crippen molar-refractivity contribution in [3.8, 4) is 0 Å². The maximum Gasteiger partial charge on any atom is 0.306 e. The summed E-state index contributed by atoms with van der Waals surface area (Å²) in [7, 11) is 0. The predicted molar refractivity (Wildman–Crippen MR) is 252 cm³/mol. The molecule has 4 unspecified atom stereocenters. The van der Waals surface area contributed by atoms with Gasteiger partial charge in [-0.3, -0.25) is 9.59 Å². The summed E-state index contributed by atoms with van der Waals surface area (Å²) in [5.74, 6) is -0.952. The molecule has 0 aromatic carbocycles. The van der Waals surface area contributed by atoms with Crippen molar-refractivity contribution in [3.63, 3.8) is 0 Å². The zero-order chi connectivity index (χ0) is 48.2. The summed E-state index contributed by atoms with van der Waals surface area (Å²) in [6.45, 7) is 2.53. The molecule has 0 aromatic heterocycles. The normalized spacial score (nSPS) is 26.4. The van der Waals surface area contributed by atoms with Crippen LogP contribution in [0.25, 0.3) is 0 Å². The molecule has 2 aliphatic heterocycles. The number of hydrogen-bond donors (Lipinski definition) is 7. The van der Waals surface area contributed by atoms with Crippen LogP contribution < -0.4 is 0 Å². The molecule has 0 radical (unpaired) electrons. The van der Waals surface area contributed by atoms with Gasteiger partial charge in [0.15, 0.2) is 18.7 Å². The van der Waals surface area contributed by atoms with E-state index >= 15 is 0 Å². The minimum Gasteiger partial charge on any atom is -0.462 e. The highest BCUT2D eigenvalue weighted by atomic mass is 16.7. The number of unbranched alkanes of at least 4 members (excludes halogenated alkanes) is 19. The molecule has 0 amide bonds. The van der Waals surface area contributed by atoms with Crippen molar-refractivity contribution in [1.82, 2.24) is 0 Å². The third-order valence-electron chi connectivity index (χ3n) is 12.1. The molecule has 15 heteroatoms. The smallest absolute Gasteiger partial charge is 0.306 e. The highest BCUT2D eigenvalue weighted by Crippen LogP contribution is 2.26. The van der Waals surface area contributed by atoms with Gasteiger partial charge in [-0.15, -0.1) is 0 Å². The molecule has 0 bridgehead atoms. The standard InChI is InChI=1S/C51H90O15/c1-3-5-7-9-11-13-15-17-18-19-20-22-24-26-28-30-32-34-43(54)64-39(36-61-42(53)33-31-29-27-25-23-21-16-14-12-10-8-6-4-2)37-62-50-49(60)47(58)45(56)41(66-50)38-63-51-48(59)46(57)44(55)40(35-52)65-51/h11,13,17-18,21,23,39-41,44-52,55-60H,3-10,12,14-16,19-20,22,24-38H2,1-2H3/b13-11+,18-17+,23-21+/t39-,40+,41+,44-,45-,46?,47?,48?,49?,50+,51+/m1/s1. The second-order valence-corrected chi connectivity index (χ2v) is 18.0. The summed E-state index contributed by atoms with van der Waals surface area (Å²) in [5, 5.41) is 72.0. The summed E-state index contributed by atoms with van der Waals surface area (Å²) in [6.07, 6.45) is 23.1. The average Bonchev–Trinajstić information content (AvgIpc) is 3.31. The number of aliphatic hydroxyl groups is 7. The van der Waals surface area contributed by atoms with Gasteiger partial charge in [-0.05, 0) is 70.6 Å². The van der Waals surface area contributed by atoms with Crippen molar-refractivity contribution in [2.75, 3.05) is 26.4 Å². The van der Waals surface area contributed by atoms with E-state index in [1.165, 1.54) is 57.8 Å². The van der Waals surface area contributed by atoms with Crippen LogP contribution in [0.1, 0.15) is 181 Å². The molecule has 7 N–H and O–H groups in total. The van der Waals surface area contributed by atoms with E-state index in [0.29, 0.717) is 12.8 Å². The molecule has 384 valence electrons. The van der Waals surface area contributed by atoms with Crippen LogP contribution >= 0.6 is 0 Å². The number of rotatable bonds is 39. The second kappa shape index (κ2) is 38.6. The highest BCUT2D eigenvalue weighted by molar-refractivity contribution is 5.70. The fourth-order valence-electron chi connectivity index (χ4n) is 7.83. The van der Waals surface area contributed by atoms with Gasteiger partial charge in [0.05, 0.1) is 19.8 Å². The highest BCUT2D eigenvalue weighted by Gasteiger charge is 2.47. The van der Waals surface area contributed by atoms with Gasteiger partial charge in [0.25, 0.3) is 0 Å². The van der Waals surface area contributed by atoms with Crippen LogP contribution in [-0.4, -0.2) is 142 Å². The molecule has 2 heterocycles. The minimum atomic E-state index is -1.77. The van der Waals surface area contributed by atoms with Gasteiger partial charge in [-0.25, -0.2) is 0 Å². The van der Waals surface area contributed by atoms with Gasteiger partial charge in [-0.1, -0.05) is 134 Å². The van der Waals surface area contributed by atoms with Gasteiger partial charge < -0.3 is 64.2 Å². The van der Waals surface area contributed by atoms with E-state index in [9.17, 15) is 45.3 Å². The number of esters is 2. The Hall–Kier alpha value is -2.28. The van der Waals surface area contributed by atoms with Crippen LogP contribution in [0, 0.1) is 0 Å². The Labute approximate surface area is 395 Å². The Morgan fingerprint density at radius 2 is 0.909 bits per heavy atom. The van der Waals surface area contributed by atoms with Gasteiger partial charge >= 0.3 is 11.9 Å². The van der Waals surface area contributed by atoms with E-state index in [1.54, 1.807) is 0 Å². The lowest BCUT2D eigenvalue weighted by Crippen LogP contribution is -2.61. The number of carbonyl (C=O) groups excluding carboxylic acids is 2. The Morgan fingerprint density at radius 1 is 0.485 bits per heavy atom. The van der Waals surface area contributed by atoms with Crippen LogP contribution in [-0.2, 0) is 38.0 Å². The molecular weight excluding hydrogens is 853 g/mol. The van der Waals surface area contributed by atoms with Crippen molar-refractivity contribution >= 4 is 11.9 Å². The molecule has 2 aliphatic rings. The molecule has 66 heavy (non-hydrogen) atoms. The van der Waals surface area contributed by atoms with Crippen molar-refractivity contribution in [2.45, 2.75) is 248 Å². The van der Waals surface area contributed by atoms with Crippen molar-refractivity contribution in [3.05, 3.63) is 36.5 Å². The fraction of sp³-hybridized carbons (Fsp3) is 0.843. The molecule has 15 nitrogen and oxygen atoms in total. The number of aliphatic hydroxyl groups excluding tert-OH is 7. The van der Waals surface area contributed by atoms with Gasteiger partial charge in [-0.2, -0.15) is 0 Å². The zero-order valence-corrected chi connectivity index (χ0v) is 40.4. The maximum absolute atomic E-state index is 13.0. The summed E-state index contributed by atoms with van der Waals surface area (Å²) in [6, 6.07) is 0. The Bertz CT molecular complexity index is 1290. The Morgan fingerprint density at radius 3 is 1.47 bits per heavy atom. The molecule has 11 atom stereocenters. The second-order valence-electron chi connectivity index (χ2n) is 18.0. The third kappa shape index (κ3) is 26.5. The summed E-state index contributed by atoms with van der Waals surface area (Å²) < 4.78 is 33.5. The lowest BCUT2D eigenvalue weighted by molar-refractivity contribution is -0.332. The predicted octanol–water partition coefficient (Wildman–Crippen LogP) is 6.93. The first-order valence-electron chi connectivity index (χ1n) is 25.6. The topological polar surface area (TPSA) is 231 Å². The number of allylic oxidation sites excluding steroid dienone is 6. The first-order chi connectivity index (χ1) is 32.0. The van der Waals surface area contributed by atoms with Crippen molar-refractivity contribution in [1.29, 1.82) is 0 Å². The monoisotopic (exact) mass is 943 g/mol. The SMILES string of the molecule is CCCCC/C=C/C/C=C/CCCCCCCCCC(=O)O[C@H](COC(=O)CCCCC/C=C/CCCCCCCC)CO[C@H]1O[C@@H](CO[C@H]2O[C@@H](CO)[C@@H](O)C(O)C2O)[C@@H](O)C(O)C1O. The van der Waals surface area contributed by atoms with Crippen molar-refractivity contribution in [2.24, 2.45) is 0 Å². The minimum absolute atomic E-state index is 0.153. The van der Waals surface area contributed by atoms with E-state index in [2.05, 4.69) is 50.3 Å². The van der Waals surface area contributed by atoms with Gasteiger partial charge in [0.1, 0.15) is 55.4 Å². The van der Waals surface area contributed by atoms with Crippen LogP contribution in [0.4, 0.5) is 0 Å². The quantitative estimate of drug-likeness (QED) is 0.0188. The molecule has 2 saturated heterocycles. The Balaban J connectivity index is 1.82. The first kappa shape index (κ1) is 59.8. The van der Waals surface area contributed by atoms with E-state index < -0.39 is 92.7 Å². The fourth-order valence-corrected chi connectivity index (χ4v) is 7.83. The molecule has 0 aliphatic carbocycles. The number of ether oxygens (including phenoxy) is 6. The largest absolute Gasteiger partial charge is 0.462 e. The first-order valence-corrected chi connectivity index (χ1v) is 25.6. The summed E-state index contributed by atoms with van der Waals surface area (Å²) in [4.78, 5) is 25.7. The van der Waals surface area contributed by atoms with Gasteiger partial charge in [0, 0.05) is 12.8 Å². The van der Waals surface area contributed by atoms with E-state index in [0.717, 1.165) is 83.5 Å². The lowest BCUT2D eigenvalue weighted by atomic mass is 9.98. The third-order valence-corrected chi connectivity index (χ3v) is 12.1. The summed E-state index contributed by atoms with van der Waals surface area (Å²) >= 11 is 0. The van der Waals surface area contributed by atoms with E-state index in [-0.39, 0.29) is 26.1 Å². The molecule has 2 rings (SSSR count). The lowest BCUT2D eigenvalue weighted by Gasteiger charge is -2.42. The van der Waals surface area contributed by atoms with E-state index in [1.807, 2.05) is 0 Å². The van der Waals surface area contributed by atoms with Crippen LogP contribution in [0.15, 0.2) is 36.5 Å². The van der Waals surface area contributed by atoms with Crippen LogP contribution in [0.5, 0.6) is 0 Å². The number of carbonyl (C=O) groups is 2. The van der Waals surface area contributed by atoms with E-state index in [4.69, 9.17) is 28.4 Å². The molecule has 0 spiro atoms. The average molecular weight is 943 g/mol. The number of hydrogen-bond acceptors (Lipinski definition) is 15.